The molecule has 0 spiro atoms. The van der Waals surface area contributed by atoms with Gasteiger partial charge < -0.3 is 18.9 Å². The van der Waals surface area contributed by atoms with E-state index in [-0.39, 0.29) is 36.4 Å². The third kappa shape index (κ3) is 5.71. The zero-order valence-corrected chi connectivity index (χ0v) is 17.9. The normalized spacial score (nSPS) is 19.7. The van der Waals surface area contributed by atoms with Crippen LogP contribution in [0.15, 0.2) is 38.7 Å². The second kappa shape index (κ2) is 9.49. The van der Waals surface area contributed by atoms with Crippen LogP contribution in [0.2, 0.25) is 0 Å². The van der Waals surface area contributed by atoms with Crippen LogP contribution in [0.4, 0.5) is 0 Å². The summed E-state index contributed by atoms with van der Waals surface area (Å²) in [5.74, 6) is -1.52. The van der Waals surface area contributed by atoms with E-state index < -0.39 is 48.3 Å². The third-order valence-electron chi connectivity index (χ3n) is 4.72. The van der Waals surface area contributed by atoms with Crippen LogP contribution in [-0.2, 0) is 48.2 Å². The molecule has 0 bridgehead atoms. The van der Waals surface area contributed by atoms with Gasteiger partial charge in [0.15, 0.2) is 6.10 Å². The Morgan fingerprint density at radius 1 is 0.906 bits per heavy atom. The molecule has 3 heterocycles. The fourth-order valence-corrected chi connectivity index (χ4v) is 2.78. The van der Waals surface area contributed by atoms with Crippen molar-refractivity contribution in [3.63, 3.8) is 0 Å². The molecule has 1 aromatic rings. The van der Waals surface area contributed by atoms with Crippen molar-refractivity contribution < 1.29 is 28.5 Å². The Kier molecular flexibility index (Phi) is 6.94. The fraction of sp³-hybridized carbons (Fsp3) is 0.550. The molecule has 12 heteroatoms. The Morgan fingerprint density at radius 2 is 1.34 bits per heavy atom. The molecule has 2 fully saturated rings. The molecule has 0 aliphatic carbocycles. The van der Waals surface area contributed by atoms with E-state index in [9.17, 15) is 24.0 Å². The Labute approximate surface area is 182 Å². The van der Waals surface area contributed by atoms with E-state index in [2.05, 4.69) is 13.2 Å². The van der Waals surface area contributed by atoms with Gasteiger partial charge in [-0.05, 0) is 13.8 Å². The van der Waals surface area contributed by atoms with Crippen LogP contribution in [0.25, 0.3) is 0 Å². The predicted molar refractivity (Wildman–Crippen MR) is 109 cm³/mol. The number of esters is 2. The summed E-state index contributed by atoms with van der Waals surface area (Å²) in [6.07, 6.45) is -1.79. The van der Waals surface area contributed by atoms with E-state index in [0.717, 1.165) is 13.7 Å². The molecule has 2 aliphatic rings. The average molecular weight is 451 g/mol. The summed E-state index contributed by atoms with van der Waals surface area (Å²) in [7, 11) is 0. The minimum absolute atomic E-state index is 0.0235. The number of aromatic nitrogens is 3. The molecule has 174 valence electrons. The largest absolute Gasteiger partial charge is 0.458 e. The molecule has 1 aromatic heterocycles. The van der Waals surface area contributed by atoms with Crippen molar-refractivity contribution in [2.75, 3.05) is 19.8 Å². The average Bonchev–Trinajstić information content (AvgIpc) is 3.65. The molecule has 0 N–H and O–H groups in total. The van der Waals surface area contributed by atoms with Crippen LogP contribution in [0.5, 0.6) is 0 Å². The lowest BCUT2D eigenvalue weighted by Gasteiger charge is -2.20. The maximum Gasteiger partial charge on any atom is 0.336 e. The zero-order valence-electron chi connectivity index (χ0n) is 17.9. The topological polar surface area (TPSA) is 144 Å². The monoisotopic (exact) mass is 451 g/mol. The van der Waals surface area contributed by atoms with Gasteiger partial charge in [0.2, 0.25) is 0 Å². The summed E-state index contributed by atoms with van der Waals surface area (Å²) in [5, 5.41) is 0. The molecule has 0 radical (unpaired) electrons. The highest BCUT2D eigenvalue weighted by atomic mass is 16.6. The Morgan fingerprint density at radius 3 is 1.75 bits per heavy atom. The van der Waals surface area contributed by atoms with Crippen LogP contribution in [-0.4, -0.2) is 63.8 Å². The standard InChI is InChI=1S/C20H25N3O9/c1-11(2)16(24)31-10-15(32-17(25)12(3)4)7-23-19(27)21(5-13-8-29-13)18(26)22(20(23)28)6-14-9-30-14/h13-15H,1,3,5-10H2,2,4H3. The molecule has 3 unspecified atom stereocenters. The minimum Gasteiger partial charge on any atom is -0.458 e. The lowest BCUT2D eigenvalue weighted by Crippen LogP contribution is -2.56. The van der Waals surface area contributed by atoms with Gasteiger partial charge in [-0.15, -0.1) is 0 Å². The van der Waals surface area contributed by atoms with Crippen LogP contribution >= 0.6 is 0 Å². The number of hydrogen-bond donors (Lipinski definition) is 0. The number of hydrogen-bond acceptors (Lipinski definition) is 9. The van der Waals surface area contributed by atoms with Gasteiger partial charge in [0.05, 0.1) is 45.1 Å². The summed E-state index contributed by atoms with van der Waals surface area (Å²) in [6.45, 7) is 9.68. The maximum atomic E-state index is 13.0. The van der Waals surface area contributed by atoms with Crippen molar-refractivity contribution >= 4 is 11.9 Å². The molecule has 0 aromatic carbocycles. The Hall–Kier alpha value is -3.25. The van der Waals surface area contributed by atoms with Gasteiger partial charge in [-0.1, -0.05) is 13.2 Å². The van der Waals surface area contributed by atoms with Crippen LogP contribution in [0.1, 0.15) is 13.8 Å². The summed E-state index contributed by atoms with van der Waals surface area (Å²) >= 11 is 0. The lowest BCUT2D eigenvalue weighted by molar-refractivity contribution is -0.154. The number of epoxide rings is 2. The van der Waals surface area contributed by atoms with Gasteiger partial charge in [0, 0.05) is 11.1 Å². The number of nitrogens with zero attached hydrogens (tertiary/aromatic N) is 3. The fourth-order valence-electron chi connectivity index (χ4n) is 2.78. The predicted octanol–water partition coefficient (Wildman–Crippen LogP) is -1.42. The highest BCUT2D eigenvalue weighted by Gasteiger charge is 2.30. The first-order valence-electron chi connectivity index (χ1n) is 9.95. The van der Waals surface area contributed by atoms with Crippen molar-refractivity contribution in [3.8, 4) is 0 Å². The molecule has 32 heavy (non-hydrogen) atoms. The van der Waals surface area contributed by atoms with Crippen LogP contribution in [0, 0.1) is 0 Å². The summed E-state index contributed by atoms with van der Waals surface area (Å²) < 4.78 is 23.1. The summed E-state index contributed by atoms with van der Waals surface area (Å²) in [4.78, 5) is 62.5. The maximum absolute atomic E-state index is 13.0. The van der Waals surface area contributed by atoms with Gasteiger partial charge in [-0.2, -0.15) is 0 Å². The van der Waals surface area contributed by atoms with E-state index in [4.69, 9.17) is 18.9 Å². The second-order valence-electron chi connectivity index (χ2n) is 7.78. The number of rotatable bonds is 11. The van der Waals surface area contributed by atoms with Crippen LogP contribution in [0.3, 0.4) is 0 Å². The summed E-state index contributed by atoms with van der Waals surface area (Å²) in [5.41, 5.74) is -2.34. The van der Waals surface area contributed by atoms with E-state index in [0.29, 0.717) is 13.2 Å². The number of carbonyl (C=O) groups excluding carboxylic acids is 2. The van der Waals surface area contributed by atoms with E-state index in [1.165, 1.54) is 13.8 Å². The lowest BCUT2D eigenvalue weighted by atomic mass is 10.3. The Balaban J connectivity index is 1.96. The molecule has 12 nitrogen and oxygen atoms in total. The van der Waals surface area contributed by atoms with Crippen molar-refractivity contribution in [1.29, 1.82) is 0 Å². The molecule has 0 saturated carbocycles. The van der Waals surface area contributed by atoms with E-state index in [1.807, 2.05) is 0 Å². The zero-order chi connectivity index (χ0) is 23.6. The number of carbonyl (C=O) groups is 2. The van der Waals surface area contributed by atoms with Crippen LogP contribution < -0.4 is 17.1 Å². The first-order valence-corrected chi connectivity index (χ1v) is 9.95. The van der Waals surface area contributed by atoms with Crippen molar-refractivity contribution in [2.24, 2.45) is 0 Å². The molecular formula is C20H25N3O9. The quantitative estimate of drug-likeness (QED) is 0.225. The highest BCUT2D eigenvalue weighted by Crippen LogP contribution is 2.11. The van der Waals surface area contributed by atoms with E-state index in [1.54, 1.807) is 0 Å². The van der Waals surface area contributed by atoms with Gasteiger partial charge >= 0.3 is 29.0 Å². The second-order valence-corrected chi connectivity index (χ2v) is 7.78. The first-order chi connectivity index (χ1) is 15.1. The third-order valence-corrected chi connectivity index (χ3v) is 4.72. The van der Waals surface area contributed by atoms with Gasteiger partial charge in [0.1, 0.15) is 6.61 Å². The summed E-state index contributed by atoms with van der Waals surface area (Å²) in [6, 6.07) is 0. The van der Waals surface area contributed by atoms with E-state index >= 15 is 0 Å². The molecule has 3 atom stereocenters. The van der Waals surface area contributed by atoms with Crippen molar-refractivity contribution in [3.05, 3.63) is 55.8 Å². The molecule has 2 aliphatic heterocycles. The SMILES string of the molecule is C=C(C)C(=O)OCC(Cn1c(=O)n(CC2CO2)c(=O)n(CC2CO2)c1=O)OC(=O)C(=C)C. The minimum atomic E-state index is -1.19. The van der Waals surface area contributed by atoms with Gasteiger partial charge in [0.25, 0.3) is 0 Å². The van der Waals surface area contributed by atoms with Crippen molar-refractivity contribution in [1.82, 2.24) is 13.7 Å². The highest BCUT2D eigenvalue weighted by molar-refractivity contribution is 5.87. The van der Waals surface area contributed by atoms with Gasteiger partial charge in [-0.25, -0.2) is 37.7 Å². The Bertz CT molecular complexity index is 1070. The van der Waals surface area contributed by atoms with Gasteiger partial charge in [-0.3, -0.25) is 0 Å². The first kappa shape index (κ1) is 23.4. The smallest absolute Gasteiger partial charge is 0.336 e. The number of ether oxygens (including phenoxy) is 4. The molecular weight excluding hydrogens is 426 g/mol. The molecule has 2 saturated heterocycles. The van der Waals surface area contributed by atoms with Crippen molar-refractivity contribution in [2.45, 2.75) is 51.8 Å². The molecule has 0 amide bonds. The molecule has 3 rings (SSSR count).